The Hall–Kier alpha value is -2.26. The first-order valence-electron chi connectivity index (χ1n) is 5.66. The fourth-order valence-corrected chi connectivity index (χ4v) is 1.04. The van der Waals surface area contributed by atoms with Crippen LogP contribution in [0, 0.1) is 5.21 Å². The lowest BCUT2D eigenvalue weighted by Gasteiger charge is -2.28. The number of carboxylic acid groups (broad SMARTS) is 1. The molecule has 0 spiro atoms. The molecule has 0 fully saturated rings. The summed E-state index contributed by atoms with van der Waals surface area (Å²) < 4.78 is 8.74. The molecule has 0 bridgehead atoms. The van der Waals surface area contributed by atoms with Crippen LogP contribution in [0.4, 0.5) is 4.79 Å². The van der Waals surface area contributed by atoms with Gasteiger partial charge in [-0.05, 0) is 20.8 Å². The minimum absolute atomic E-state index is 0.00867. The van der Waals surface area contributed by atoms with Crippen LogP contribution in [0.2, 0.25) is 0 Å². The summed E-state index contributed by atoms with van der Waals surface area (Å²) in [5, 5.41) is 24.5. The number of hydrogen-bond acceptors (Lipinski definition) is 7. The monoisotopic (exact) mass is 293 g/mol. The SMILES string of the molecule is COC(=O)OC(C)ON=[N+]([O-])N(CC(=O)O)C(C)(C)C. The number of ether oxygens (including phenoxy) is 2. The maximum atomic E-state index is 11.7. The number of hydrazine groups is 1. The zero-order valence-corrected chi connectivity index (χ0v) is 12.0. The van der Waals surface area contributed by atoms with E-state index in [1.807, 2.05) is 0 Å². The van der Waals surface area contributed by atoms with E-state index >= 15 is 0 Å². The third kappa shape index (κ3) is 6.61. The second-order valence-corrected chi connectivity index (χ2v) is 4.70. The molecule has 0 aromatic heterocycles. The van der Waals surface area contributed by atoms with Gasteiger partial charge in [0.2, 0.25) is 5.28 Å². The number of nitrogens with zero attached hydrogens (tertiary/aromatic N) is 3. The van der Waals surface area contributed by atoms with Gasteiger partial charge in [-0.25, -0.2) is 4.79 Å². The van der Waals surface area contributed by atoms with Crippen LogP contribution in [0.5, 0.6) is 0 Å². The lowest BCUT2D eigenvalue weighted by molar-refractivity contribution is -0.725. The Morgan fingerprint density at radius 2 is 2.00 bits per heavy atom. The average molecular weight is 293 g/mol. The molecule has 0 rings (SSSR count). The highest BCUT2D eigenvalue weighted by atomic mass is 16.8. The number of hydrogen-bond donors (Lipinski definition) is 1. The molecule has 116 valence electrons. The lowest BCUT2D eigenvalue weighted by Crippen LogP contribution is -2.48. The molecule has 1 N–H and O–H groups in total. The van der Waals surface area contributed by atoms with Gasteiger partial charge in [0.1, 0.15) is 0 Å². The van der Waals surface area contributed by atoms with Gasteiger partial charge in [-0.2, -0.15) is 0 Å². The van der Waals surface area contributed by atoms with Gasteiger partial charge < -0.3 is 19.8 Å². The molecule has 0 radical (unpaired) electrons. The van der Waals surface area contributed by atoms with E-state index in [1.54, 1.807) is 20.8 Å². The molecule has 0 aliphatic carbocycles. The summed E-state index contributed by atoms with van der Waals surface area (Å²) >= 11 is 0. The lowest BCUT2D eigenvalue weighted by atomic mass is 10.1. The van der Waals surface area contributed by atoms with Crippen LogP contribution in [0.25, 0.3) is 0 Å². The predicted octanol–water partition coefficient (Wildman–Crippen LogP) is 1.11. The summed E-state index contributed by atoms with van der Waals surface area (Å²) in [5.74, 6) is -1.20. The van der Waals surface area contributed by atoms with Gasteiger partial charge in [0.15, 0.2) is 6.54 Å². The van der Waals surface area contributed by atoms with E-state index < -0.39 is 30.5 Å². The Bertz CT molecular complexity index is 378. The highest BCUT2D eigenvalue weighted by Gasteiger charge is 2.31. The standard InChI is InChI=1S/C10H19N3O7/c1-7(19-9(16)18-5)20-11-13(17)12(6-8(14)15)10(2,3)4/h7H,6H2,1-5H3,(H,14,15). The van der Waals surface area contributed by atoms with E-state index in [4.69, 9.17) is 5.11 Å². The molecule has 20 heavy (non-hydrogen) atoms. The molecule has 1 unspecified atom stereocenters. The number of rotatable bonds is 6. The molecule has 10 nitrogen and oxygen atoms in total. The molecule has 0 saturated heterocycles. The number of carboxylic acids is 1. The van der Waals surface area contributed by atoms with Crippen molar-refractivity contribution in [1.29, 1.82) is 0 Å². The molecule has 1 atom stereocenters. The first-order valence-corrected chi connectivity index (χ1v) is 5.66. The van der Waals surface area contributed by atoms with Crippen molar-refractivity contribution in [2.75, 3.05) is 13.7 Å². The Morgan fingerprint density at radius 3 is 2.40 bits per heavy atom. The fraction of sp³-hybridized carbons (Fsp3) is 0.800. The van der Waals surface area contributed by atoms with Crippen LogP contribution in [0.3, 0.4) is 0 Å². The minimum Gasteiger partial charge on any atom is -0.569 e. The zero-order chi connectivity index (χ0) is 15.9. The van der Waals surface area contributed by atoms with Gasteiger partial charge in [-0.15, -0.1) is 5.01 Å². The summed E-state index contributed by atoms with van der Waals surface area (Å²) in [6.07, 6.45) is -2.16. The van der Waals surface area contributed by atoms with Crippen LogP contribution in [0.1, 0.15) is 27.7 Å². The normalized spacial score (nSPS) is 13.3. The number of carbonyl (C=O) groups is 2. The van der Waals surface area contributed by atoms with Crippen molar-refractivity contribution in [2.45, 2.75) is 39.5 Å². The Balaban J connectivity index is 4.72. The van der Waals surface area contributed by atoms with Crippen LogP contribution in [-0.2, 0) is 19.1 Å². The maximum absolute atomic E-state index is 11.7. The molecule has 10 heteroatoms. The first kappa shape index (κ1) is 17.7. The zero-order valence-electron chi connectivity index (χ0n) is 12.0. The van der Waals surface area contributed by atoms with Crippen molar-refractivity contribution in [3.05, 3.63) is 5.21 Å². The van der Waals surface area contributed by atoms with Crippen LogP contribution in [0.15, 0.2) is 5.28 Å². The van der Waals surface area contributed by atoms with Crippen molar-refractivity contribution in [1.82, 2.24) is 5.01 Å². The van der Waals surface area contributed by atoms with Gasteiger partial charge in [0, 0.05) is 6.92 Å². The quantitative estimate of drug-likeness (QED) is 0.254. The van der Waals surface area contributed by atoms with Gasteiger partial charge >= 0.3 is 12.1 Å². The Labute approximate surface area is 116 Å². The summed E-state index contributed by atoms with van der Waals surface area (Å²) in [7, 11) is 1.11. The summed E-state index contributed by atoms with van der Waals surface area (Å²) in [6.45, 7) is 5.64. The average Bonchev–Trinajstić information content (AvgIpc) is 2.31. The minimum atomic E-state index is -1.20. The number of aliphatic carboxylic acids is 1. The van der Waals surface area contributed by atoms with E-state index in [0.29, 0.717) is 0 Å². The highest BCUT2D eigenvalue weighted by molar-refractivity contribution is 5.68. The molecule has 0 heterocycles. The maximum Gasteiger partial charge on any atom is 0.511 e. The summed E-state index contributed by atoms with van der Waals surface area (Å²) in [5.41, 5.74) is -0.792. The second kappa shape index (κ2) is 7.36. The Morgan fingerprint density at radius 1 is 1.45 bits per heavy atom. The third-order valence-corrected chi connectivity index (χ3v) is 1.96. The van der Waals surface area contributed by atoms with Gasteiger partial charge in [-0.3, -0.25) is 9.63 Å². The van der Waals surface area contributed by atoms with Gasteiger partial charge in [0.05, 0.1) is 17.6 Å². The van der Waals surface area contributed by atoms with Crippen LogP contribution in [-0.4, -0.2) is 52.7 Å². The summed E-state index contributed by atoms with van der Waals surface area (Å²) in [6, 6.07) is 0. The molecular weight excluding hydrogens is 274 g/mol. The van der Waals surface area contributed by atoms with Gasteiger partial charge in [-0.1, -0.05) is 0 Å². The van der Waals surface area contributed by atoms with E-state index in [9.17, 15) is 14.8 Å². The van der Waals surface area contributed by atoms with Crippen LogP contribution >= 0.6 is 0 Å². The smallest absolute Gasteiger partial charge is 0.511 e. The molecule has 0 aromatic carbocycles. The van der Waals surface area contributed by atoms with Crippen molar-refractivity contribution in [3.63, 3.8) is 0 Å². The number of carbonyl (C=O) groups excluding carboxylic acids is 1. The largest absolute Gasteiger partial charge is 0.569 e. The highest BCUT2D eigenvalue weighted by Crippen LogP contribution is 2.13. The van der Waals surface area contributed by atoms with Crippen molar-refractivity contribution >= 4 is 12.1 Å². The number of methoxy groups -OCH3 is 1. The molecule has 0 aliphatic rings. The van der Waals surface area contributed by atoms with Gasteiger partial charge in [0.25, 0.3) is 6.29 Å². The van der Waals surface area contributed by atoms with E-state index in [-0.39, 0.29) is 4.97 Å². The first-order chi connectivity index (χ1) is 9.07. The van der Waals surface area contributed by atoms with Crippen molar-refractivity contribution in [2.24, 2.45) is 5.28 Å². The van der Waals surface area contributed by atoms with E-state index in [1.165, 1.54) is 6.92 Å². The molecule has 0 saturated carbocycles. The second-order valence-electron chi connectivity index (χ2n) is 4.70. The third-order valence-electron chi connectivity index (χ3n) is 1.96. The fourth-order valence-electron chi connectivity index (χ4n) is 1.04. The molecule has 0 aliphatic heterocycles. The van der Waals surface area contributed by atoms with Crippen LogP contribution < -0.4 is 0 Å². The van der Waals surface area contributed by atoms with Crippen molar-refractivity contribution in [3.8, 4) is 0 Å². The predicted molar refractivity (Wildman–Crippen MR) is 64.2 cm³/mol. The van der Waals surface area contributed by atoms with Crippen molar-refractivity contribution < 1.29 is 34.0 Å². The summed E-state index contributed by atoms with van der Waals surface area (Å²) in [4.78, 5) is 26.1. The van der Waals surface area contributed by atoms with E-state index in [2.05, 4.69) is 19.6 Å². The molecule has 0 aromatic rings. The Kier molecular flexibility index (Phi) is 6.53. The van der Waals surface area contributed by atoms with E-state index in [0.717, 1.165) is 12.1 Å². The molecule has 0 amide bonds. The molecular formula is C10H19N3O7. The topological polar surface area (TPSA) is 124 Å².